The molecule has 1 aromatic carbocycles. The number of benzene rings is 1. The van der Waals surface area contributed by atoms with Crippen molar-refractivity contribution in [2.24, 2.45) is 5.92 Å². The Labute approximate surface area is 208 Å². The number of H-pyrrole nitrogens is 1. The monoisotopic (exact) mass is 495 g/mol. The molecule has 1 aliphatic heterocycles. The highest BCUT2D eigenvalue weighted by atomic mass is 19.1. The van der Waals surface area contributed by atoms with Gasteiger partial charge in [0.15, 0.2) is 11.6 Å². The maximum absolute atomic E-state index is 14.7. The van der Waals surface area contributed by atoms with Gasteiger partial charge in [-0.1, -0.05) is 6.92 Å². The second-order valence-electron chi connectivity index (χ2n) is 9.39. The Balaban J connectivity index is 1.43. The van der Waals surface area contributed by atoms with E-state index in [0.717, 1.165) is 25.7 Å². The van der Waals surface area contributed by atoms with E-state index in [1.54, 1.807) is 11.1 Å². The van der Waals surface area contributed by atoms with Gasteiger partial charge in [-0.25, -0.2) is 14.4 Å². The third-order valence-corrected chi connectivity index (χ3v) is 6.80. The van der Waals surface area contributed by atoms with Gasteiger partial charge in [0.2, 0.25) is 5.91 Å². The fourth-order valence-electron chi connectivity index (χ4n) is 4.61. The topological polar surface area (TPSA) is 109 Å². The number of nitrogens with one attached hydrogen (secondary N) is 2. The van der Waals surface area contributed by atoms with Crippen molar-refractivity contribution in [1.82, 2.24) is 25.2 Å². The molecular weight excluding hydrogens is 465 g/mol. The Morgan fingerprint density at radius 2 is 2.06 bits per heavy atom. The van der Waals surface area contributed by atoms with Crippen molar-refractivity contribution in [3.63, 3.8) is 0 Å². The van der Waals surface area contributed by atoms with Crippen molar-refractivity contribution in [3.05, 3.63) is 36.0 Å². The molecule has 0 bridgehead atoms. The molecule has 2 fully saturated rings. The molecule has 1 saturated heterocycles. The second kappa shape index (κ2) is 10.1. The summed E-state index contributed by atoms with van der Waals surface area (Å²) in [5.74, 6) is 0.320. The highest BCUT2D eigenvalue weighted by molar-refractivity contribution is 6.08. The van der Waals surface area contributed by atoms with Crippen LogP contribution in [0.2, 0.25) is 0 Å². The van der Waals surface area contributed by atoms with Crippen LogP contribution in [0.3, 0.4) is 0 Å². The highest BCUT2D eigenvalue weighted by Gasteiger charge is 2.27. The Morgan fingerprint density at radius 1 is 1.22 bits per heavy atom. The number of amides is 2. The van der Waals surface area contributed by atoms with Crippen molar-refractivity contribution in [2.45, 2.75) is 45.1 Å². The number of aromatic nitrogens is 3. The van der Waals surface area contributed by atoms with Crippen LogP contribution in [-0.2, 0) is 4.79 Å². The molecule has 36 heavy (non-hydrogen) atoms. The number of nitrogens with zero attached hydrogens (tertiary/aromatic N) is 3. The van der Waals surface area contributed by atoms with Gasteiger partial charge in [-0.05, 0) is 37.7 Å². The summed E-state index contributed by atoms with van der Waals surface area (Å²) >= 11 is 0. The van der Waals surface area contributed by atoms with Crippen LogP contribution in [0.4, 0.5) is 4.39 Å². The van der Waals surface area contributed by atoms with Crippen molar-refractivity contribution in [3.8, 4) is 22.8 Å². The maximum atomic E-state index is 14.7. The molecule has 190 valence electrons. The van der Waals surface area contributed by atoms with Crippen molar-refractivity contribution < 1.29 is 23.5 Å². The summed E-state index contributed by atoms with van der Waals surface area (Å²) in [4.78, 5) is 38.9. The molecule has 9 nitrogen and oxygen atoms in total. The van der Waals surface area contributed by atoms with Gasteiger partial charge in [0.1, 0.15) is 23.3 Å². The number of fused-ring (bicyclic) bond motifs is 1. The molecule has 0 radical (unpaired) electrons. The lowest BCUT2D eigenvalue weighted by molar-refractivity contribution is -0.132. The fourth-order valence-corrected chi connectivity index (χ4v) is 4.61. The first kappa shape index (κ1) is 24.0. The van der Waals surface area contributed by atoms with Crippen LogP contribution >= 0.6 is 0 Å². The SMILES string of the molecule is CCC(=O)N1CCC[C@@H](NC(=O)c2c[nH]c3c(-c4cc(F)c(OC)cc4OCC4CC4)ncnc23)C1. The molecule has 2 N–H and O–H groups in total. The zero-order chi connectivity index (χ0) is 25.2. The summed E-state index contributed by atoms with van der Waals surface area (Å²) in [5, 5.41) is 3.04. The molecular formula is C26H30FN5O4. The Morgan fingerprint density at radius 3 is 2.81 bits per heavy atom. The molecule has 2 amide bonds. The zero-order valence-electron chi connectivity index (χ0n) is 20.5. The standard InChI is InChI=1S/C26H30FN5O4/c1-3-22(33)32-8-4-5-16(12-32)31-26(34)18-11-28-25-23(29-14-30-24(18)25)17-9-19(27)21(35-2)10-20(17)36-13-15-6-7-15/h9-11,14-16,28H,3-8,12-13H2,1-2H3,(H,31,34)/t16-/m1/s1. The normalized spacial score (nSPS) is 17.8. The lowest BCUT2D eigenvalue weighted by Gasteiger charge is -2.33. The molecule has 3 heterocycles. The highest BCUT2D eigenvalue weighted by Crippen LogP contribution is 2.39. The lowest BCUT2D eigenvalue weighted by Crippen LogP contribution is -2.49. The third-order valence-electron chi connectivity index (χ3n) is 6.80. The van der Waals surface area contributed by atoms with Gasteiger partial charge >= 0.3 is 0 Å². The number of likely N-dealkylation sites (tertiary alicyclic amines) is 1. The summed E-state index contributed by atoms with van der Waals surface area (Å²) in [6, 6.07) is 2.74. The van der Waals surface area contributed by atoms with Crippen LogP contribution in [0.25, 0.3) is 22.3 Å². The van der Waals surface area contributed by atoms with E-state index < -0.39 is 5.82 Å². The molecule has 1 aliphatic carbocycles. The first-order valence-electron chi connectivity index (χ1n) is 12.4. The van der Waals surface area contributed by atoms with E-state index in [1.165, 1.54) is 25.6 Å². The van der Waals surface area contributed by atoms with E-state index in [0.29, 0.717) is 65.6 Å². The Bertz CT molecular complexity index is 1290. The number of carbonyl (C=O) groups excluding carboxylic acids is 2. The van der Waals surface area contributed by atoms with E-state index in [4.69, 9.17) is 9.47 Å². The second-order valence-corrected chi connectivity index (χ2v) is 9.39. The Hall–Kier alpha value is -3.69. The number of aromatic amines is 1. The van der Waals surface area contributed by atoms with Crippen LogP contribution in [0.15, 0.2) is 24.7 Å². The first-order chi connectivity index (χ1) is 17.5. The molecule has 2 aliphatic rings. The average Bonchev–Trinajstić information content (AvgIpc) is 3.62. The first-order valence-corrected chi connectivity index (χ1v) is 12.4. The minimum absolute atomic E-state index is 0.0875. The summed E-state index contributed by atoms with van der Waals surface area (Å²) < 4.78 is 25.9. The van der Waals surface area contributed by atoms with Crippen molar-refractivity contribution in [1.29, 1.82) is 0 Å². The van der Waals surface area contributed by atoms with E-state index >= 15 is 0 Å². The quantitative estimate of drug-likeness (QED) is 0.493. The number of hydrogen-bond acceptors (Lipinski definition) is 6. The van der Waals surface area contributed by atoms with Gasteiger partial charge in [0.05, 0.1) is 24.8 Å². The van der Waals surface area contributed by atoms with Crippen LogP contribution in [-0.4, -0.2) is 64.5 Å². The molecule has 0 spiro atoms. The fraction of sp³-hybridized carbons (Fsp3) is 0.462. The molecule has 10 heteroatoms. The van der Waals surface area contributed by atoms with Gasteiger partial charge < -0.3 is 24.7 Å². The van der Waals surface area contributed by atoms with Gasteiger partial charge in [0, 0.05) is 43.4 Å². The van der Waals surface area contributed by atoms with Crippen LogP contribution < -0.4 is 14.8 Å². The van der Waals surface area contributed by atoms with E-state index in [1.807, 2.05) is 6.92 Å². The molecule has 0 unspecified atom stereocenters. The van der Waals surface area contributed by atoms with Gasteiger partial charge in [-0.15, -0.1) is 0 Å². The van der Waals surface area contributed by atoms with Gasteiger partial charge in [-0.3, -0.25) is 9.59 Å². The zero-order valence-corrected chi connectivity index (χ0v) is 20.5. The number of rotatable bonds is 8. The molecule has 5 rings (SSSR count). The van der Waals surface area contributed by atoms with Crippen molar-refractivity contribution >= 4 is 22.8 Å². The van der Waals surface area contributed by atoms with Gasteiger partial charge in [-0.2, -0.15) is 0 Å². The number of halogens is 1. The minimum Gasteiger partial charge on any atom is -0.494 e. The number of hydrogen-bond donors (Lipinski definition) is 2. The smallest absolute Gasteiger partial charge is 0.255 e. The minimum atomic E-state index is -0.536. The molecule has 3 aromatic rings. The molecule has 1 atom stereocenters. The molecule has 2 aromatic heterocycles. The summed E-state index contributed by atoms with van der Waals surface area (Å²) in [7, 11) is 1.41. The number of methoxy groups -OCH3 is 1. The largest absolute Gasteiger partial charge is 0.494 e. The predicted molar refractivity (Wildman–Crippen MR) is 131 cm³/mol. The number of piperidine rings is 1. The Kier molecular flexibility index (Phi) is 6.75. The van der Waals surface area contributed by atoms with Crippen LogP contribution in [0.1, 0.15) is 49.4 Å². The molecule has 1 saturated carbocycles. The number of carbonyl (C=O) groups is 2. The lowest BCUT2D eigenvalue weighted by atomic mass is 10.0. The summed E-state index contributed by atoms with van der Waals surface area (Å²) in [6.45, 7) is 3.58. The number of ether oxygens (including phenoxy) is 2. The van der Waals surface area contributed by atoms with E-state index in [9.17, 15) is 14.0 Å². The summed E-state index contributed by atoms with van der Waals surface area (Å²) in [5.41, 5.74) is 2.19. The maximum Gasteiger partial charge on any atom is 0.255 e. The van der Waals surface area contributed by atoms with E-state index in [-0.39, 0.29) is 23.6 Å². The van der Waals surface area contributed by atoms with Crippen molar-refractivity contribution in [2.75, 3.05) is 26.8 Å². The predicted octanol–water partition coefficient (Wildman–Crippen LogP) is 3.69. The third kappa shape index (κ3) is 4.84. The van der Waals surface area contributed by atoms with Crippen LogP contribution in [0, 0.1) is 11.7 Å². The van der Waals surface area contributed by atoms with Crippen LogP contribution in [0.5, 0.6) is 11.5 Å². The average molecular weight is 496 g/mol. The van der Waals surface area contributed by atoms with Gasteiger partial charge in [0.25, 0.3) is 5.91 Å². The van der Waals surface area contributed by atoms with E-state index in [2.05, 4.69) is 20.3 Å². The summed E-state index contributed by atoms with van der Waals surface area (Å²) in [6.07, 6.45) is 7.26.